The molecule has 5 nitrogen and oxygen atoms in total. The summed E-state index contributed by atoms with van der Waals surface area (Å²) in [5.41, 5.74) is 3.09. The fourth-order valence-corrected chi connectivity index (χ4v) is 3.39. The number of carbonyl (C=O) groups is 1. The summed E-state index contributed by atoms with van der Waals surface area (Å²) in [7, 11) is 2.03. The van der Waals surface area contributed by atoms with Gasteiger partial charge in [-0.1, -0.05) is 30.3 Å². The second-order valence-electron chi connectivity index (χ2n) is 6.14. The minimum atomic E-state index is 0.0111. The molecule has 0 saturated heterocycles. The lowest BCUT2D eigenvalue weighted by atomic mass is 10.3. The molecule has 0 radical (unpaired) electrons. The topological polar surface area (TPSA) is 50.2 Å². The molecule has 0 aliphatic heterocycles. The summed E-state index contributed by atoms with van der Waals surface area (Å²) in [6.07, 6.45) is 2.04. The molecule has 1 amide bonds. The summed E-state index contributed by atoms with van der Waals surface area (Å²) in [6.45, 7) is 1.66. The van der Waals surface area contributed by atoms with E-state index in [1.807, 2.05) is 60.3 Å². The maximum Gasteiger partial charge on any atom is 0.240 e. The first kappa shape index (κ1) is 18.3. The van der Waals surface area contributed by atoms with E-state index in [9.17, 15) is 4.79 Å². The largest absolute Gasteiger partial charge is 0.373 e. The number of amides is 1. The minimum Gasteiger partial charge on any atom is -0.373 e. The van der Waals surface area contributed by atoms with Crippen molar-refractivity contribution < 1.29 is 4.79 Å². The van der Waals surface area contributed by atoms with Gasteiger partial charge >= 0.3 is 0 Å². The van der Waals surface area contributed by atoms with E-state index in [1.54, 1.807) is 11.8 Å². The van der Waals surface area contributed by atoms with E-state index in [2.05, 4.69) is 27.3 Å². The molecule has 1 N–H and O–H groups in total. The van der Waals surface area contributed by atoms with Gasteiger partial charge in [0.25, 0.3) is 0 Å². The number of thioether (sulfide) groups is 1. The molecule has 1 heterocycles. The van der Waals surface area contributed by atoms with Crippen LogP contribution in [-0.4, -0.2) is 41.9 Å². The molecule has 0 bridgehead atoms. The van der Waals surface area contributed by atoms with Crippen molar-refractivity contribution in [3.8, 4) is 0 Å². The van der Waals surface area contributed by atoms with Crippen molar-refractivity contribution in [1.29, 1.82) is 0 Å². The third-order valence-electron chi connectivity index (χ3n) is 4.28. The summed E-state index contributed by atoms with van der Waals surface area (Å²) >= 11 is 1.71. The number of nitrogens with zero attached hydrogens (tertiary/aromatic N) is 3. The predicted octanol–water partition coefficient (Wildman–Crippen LogP) is 3.15. The average Bonchev–Trinajstić information content (AvgIpc) is 3.00. The molecule has 0 atom stereocenters. The number of hydrogen-bond acceptors (Lipinski definition) is 4. The second-order valence-corrected chi connectivity index (χ2v) is 7.01. The number of imidazole rings is 1. The van der Waals surface area contributed by atoms with E-state index in [1.165, 1.54) is 0 Å². The van der Waals surface area contributed by atoms with Gasteiger partial charge in [-0.15, -0.1) is 0 Å². The Bertz CT molecular complexity index is 863. The van der Waals surface area contributed by atoms with E-state index >= 15 is 0 Å². The first-order chi connectivity index (χ1) is 12.7. The van der Waals surface area contributed by atoms with E-state index in [-0.39, 0.29) is 5.91 Å². The van der Waals surface area contributed by atoms with Gasteiger partial charge in [-0.25, -0.2) is 4.98 Å². The minimum absolute atomic E-state index is 0.0111. The van der Waals surface area contributed by atoms with Crippen molar-refractivity contribution in [3.63, 3.8) is 0 Å². The molecule has 0 spiro atoms. The van der Waals surface area contributed by atoms with Gasteiger partial charge in [0, 0.05) is 25.8 Å². The molecule has 0 aliphatic rings. The highest BCUT2D eigenvalue weighted by molar-refractivity contribution is 7.97. The lowest BCUT2D eigenvalue weighted by molar-refractivity contribution is -0.121. The van der Waals surface area contributed by atoms with Gasteiger partial charge in [0.15, 0.2) is 0 Å². The van der Waals surface area contributed by atoms with Crippen molar-refractivity contribution in [1.82, 2.24) is 14.9 Å². The number of anilines is 1. The van der Waals surface area contributed by atoms with E-state index < -0.39 is 0 Å². The van der Waals surface area contributed by atoms with Crippen molar-refractivity contribution in [3.05, 3.63) is 60.4 Å². The van der Waals surface area contributed by atoms with E-state index in [4.69, 9.17) is 0 Å². The van der Waals surface area contributed by atoms with Gasteiger partial charge in [-0.3, -0.25) is 4.79 Å². The summed E-state index contributed by atoms with van der Waals surface area (Å²) in [4.78, 5) is 19.2. The van der Waals surface area contributed by atoms with Crippen molar-refractivity contribution >= 4 is 34.4 Å². The summed E-state index contributed by atoms with van der Waals surface area (Å²) < 4.78 is 2.02. The molecular weight excluding hydrogens is 344 g/mol. The highest BCUT2D eigenvalue weighted by atomic mass is 32.2. The Morgan fingerprint density at radius 1 is 1.15 bits per heavy atom. The molecule has 2 aromatic carbocycles. The fraction of sp³-hybridized carbons (Fsp3) is 0.300. The molecule has 26 heavy (non-hydrogen) atoms. The van der Waals surface area contributed by atoms with Crippen molar-refractivity contribution in [2.75, 3.05) is 31.3 Å². The quantitative estimate of drug-likeness (QED) is 0.664. The van der Waals surface area contributed by atoms with Crippen LogP contribution in [0.15, 0.2) is 54.6 Å². The zero-order valence-electron chi connectivity index (χ0n) is 15.2. The lowest BCUT2D eigenvalue weighted by Crippen LogP contribution is -2.35. The SMILES string of the molecule is CSCc1nc2ccccc2n1CC(=O)NCCN(C)c1ccccc1. The number of fused-ring (bicyclic) bond motifs is 1. The number of rotatable bonds is 8. The average molecular weight is 369 g/mol. The number of nitrogens with one attached hydrogen (secondary N) is 1. The molecule has 1 aromatic heterocycles. The fourth-order valence-electron chi connectivity index (χ4n) is 2.92. The van der Waals surface area contributed by atoms with Gasteiger partial charge in [0.05, 0.1) is 16.8 Å². The highest BCUT2D eigenvalue weighted by Crippen LogP contribution is 2.18. The standard InChI is InChI=1S/C20H24N4OS/c1-23(16-8-4-3-5-9-16)13-12-21-20(25)14-24-18-11-7-6-10-17(18)22-19(24)15-26-2/h3-11H,12-15H2,1-2H3,(H,21,25). The van der Waals surface area contributed by atoms with Gasteiger partial charge in [0.2, 0.25) is 5.91 Å². The monoisotopic (exact) mass is 368 g/mol. The predicted molar refractivity (Wildman–Crippen MR) is 110 cm³/mol. The third kappa shape index (κ3) is 4.38. The number of benzene rings is 2. The molecule has 136 valence electrons. The van der Waals surface area contributed by atoms with Crippen molar-refractivity contribution in [2.45, 2.75) is 12.3 Å². The van der Waals surface area contributed by atoms with Crippen LogP contribution in [0.5, 0.6) is 0 Å². The Morgan fingerprint density at radius 2 is 1.88 bits per heavy atom. The van der Waals surface area contributed by atoms with Crippen LogP contribution in [-0.2, 0) is 17.1 Å². The molecular formula is C20H24N4OS. The van der Waals surface area contributed by atoms with Crippen LogP contribution in [0.25, 0.3) is 11.0 Å². The van der Waals surface area contributed by atoms with Crippen LogP contribution in [0, 0.1) is 0 Å². The molecule has 3 rings (SSSR count). The van der Waals surface area contributed by atoms with Gasteiger partial charge in [-0.05, 0) is 30.5 Å². The number of aromatic nitrogens is 2. The summed E-state index contributed by atoms with van der Waals surface area (Å²) in [6, 6.07) is 18.1. The number of carbonyl (C=O) groups excluding carboxylic acids is 1. The smallest absolute Gasteiger partial charge is 0.240 e. The van der Waals surface area contributed by atoms with Gasteiger partial charge < -0.3 is 14.8 Å². The second kappa shape index (κ2) is 8.76. The number of likely N-dealkylation sites (N-methyl/N-ethyl adjacent to an activating group) is 1. The van der Waals surface area contributed by atoms with Crippen LogP contribution in [0.3, 0.4) is 0 Å². The van der Waals surface area contributed by atoms with Gasteiger partial charge in [0.1, 0.15) is 12.4 Å². The Morgan fingerprint density at radius 3 is 2.65 bits per heavy atom. The summed E-state index contributed by atoms with van der Waals surface area (Å²) in [5.74, 6) is 1.74. The van der Waals surface area contributed by atoms with E-state index in [0.29, 0.717) is 13.1 Å². The summed E-state index contributed by atoms with van der Waals surface area (Å²) in [5, 5.41) is 3.02. The first-order valence-electron chi connectivity index (χ1n) is 8.65. The van der Waals surface area contributed by atoms with Crippen LogP contribution >= 0.6 is 11.8 Å². The Hall–Kier alpha value is -2.47. The molecule has 3 aromatic rings. The first-order valence-corrected chi connectivity index (χ1v) is 10.0. The van der Waals surface area contributed by atoms with Crippen molar-refractivity contribution in [2.24, 2.45) is 0 Å². The molecule has 0 aliphatic carbocycles. The van der Waals surface area contributed by atoms with E-state index in [0.717, 1.165) is 34.8 Å². The Labute approximate surface area is 158 Å². The Kier molecular flexibility index (Phi) is 6.17. The normalized spacial score (nSPS) is 10.8. The third-order valence-corrected chi connectivity index (χ3v) is 4.82. The van der Waals surface area contributed by atoms with Crippen LogP contribution < -0.4 is 10.2 Å². The molecule has 0 unspecified atom stereocenters. The maximum absolute atomic E-state index is 12.4. The molecule has 0 saturated carbocycles. The number of hydrogen-bond donors (Lipinski definition) is 1. The maximum atomic E-state index is 12.4. The van der Waals surface area contributed by atoms with Gasteiger partial charge in [-0.2, -0.15) is 11.8 Å². The molecule has 6 heteroatoms. The molecule has 0 fully saturated rings. The van der Waals surface area contributed by atoms with Crippen LogP contribution in [0.2, 0.25) is 0 Å². The lowest BCUT2D eigenvalue weighted by Gasteiger charge is -2.19. The van der Waals surface area contributed by atoms with Crippen LogP contribution in [0.1, 0.15) is 5.82 Å². The highest BCUT2D eigenvalue weighted by Gasteiger charge is 2.13. The zero-order valence-corrected chi connectivity index (χ0v) is 16.0. The number of para-hydroxylation sites is 3. The Balaban J connectivity index is 1.60. The zero-order chi connectivity index (χ0) is 18.4. The van der Waals surface area contributed by atoms with Crippen LogP contribution in [0.4, 0.5) is 5.69 Å².